The molecule has 1 heterocycles. The summed E-state index contributed by atoms with van der Waals surface area (Å²) in [5.41, 5.74) is 1.36. The van der Waals surface area contributed by atoms with E-state index < -0.39 is 5.60 Å². The van der Waals surface area contributed by atoms with Crippen molar-refractivity contribution in [3.05, 3.63) is 35.9 Å². The summed E-state index contributed by atoms with van der Waals surface area (Å²) in [6.07, 6.45) is 2.76. The second-order valence-corrected chi connectivity index (χ2v) is 6.75. The molecule has 0 fully saturated rings. The molecule has 0 saturated carbocycles. The molecule has 1 atom stereocenters. The molecule has 1 aromatic rings. The molecule has 22 heavy (non-hydrogen) atoms. The first kappa shape index (κ1) is 16.4. The Morgan fingerprint density at radius 2 is 2.05 bits per heavy atom. The maximum absolute atomic E-state index is 12.5. The third kappa shape index (κ3) is 4.03. The molecule has 4 nitrogen and oxygen atoms in total. The van der Waals surface area contributed by atoms with E-state index >= 15 is 0 Å². The number of ether oxygens (including phenoxy) is 2. The number of amides is 1. The molecule has 1 amide bonds. The molecule has 1 aliphatic heterocycles. The Balaban J connectivity index is 2.31. The van der Waals surface area contributed by atoms with Crippen LogP contribution in [0, 0.1) is 5.92 Å². The lowest BCUT2D eigenvalue weighted by atomic mass is 9.98. The first-order chi connectivity index (χ1) is 10.3. The fourth-order valence-electron chi connectivity index (χ4n) is 2.45. The highest BCUT2D eigenvalue weighted by atomic mass is 16.6. The van der Waals surface area contributed by atoms with E-state index in [2.05, 4.69) is 13.0 Å². The maximum Gasteiger partial charge on any atom is 0.414 e. The Hall–Kier alpha value is -1.97. The molecule has 4 heteroatoms. The predicted octanol–water partition coefficient (Wildman–Crippen LogP) is 4.31. The molecule has 1 unspecified atom stereocenters. The zero-order chi connectivity index (χ0) is 16.3. The monoisotopic (exact) mass is 303 g/mol. The van der Waals surface area contributed by atoms with Gasteiger partial charge in [0.2, 0.25) is 0 Å². The number of hydrogen-bond acceptors (Lipinski definition) is 3. The number of benzene rings is 1. The van der Waals surface area contributed by atoms with Crippen LogP contribution in [0.15, 0.2) is 30.3 Å². The van der Waals surface area contributed by atoms with Gasteiger partial charge in [-0.15, -0.1) is 0 Å². The normalized spacial score (nSPS) is 18.7. The minimum Gasteiger partial charge on any atom is -0.497 e. The molecular formula is C18H25NO3. The number of rotatable bonds is 2. The van der Waals surface area contributed by atoms with Gasteiger partial charge in [-0.1, -0.05) is 25.1 Å². The Kier molecular flexibility index (Phi) is 4.79. The number of nitrogens with zero attached hydrogens (tertiary/aromatic N) is 1. The molecule has 0 spiro atoms. The molecule has 0 radical (unpaired) electrons. The van der Waals surface area contributed by atoms with Crippen LogP contribution in [0.2, 0.25) is 0 Å². The van der Waals surface area contributed by atoms with Crippen LogP contribution in [0.4, 0.5) is 4.79 Å². The van der Waals surface area contributed by atoms with Crippen molar-refractivity contribution in [2.45, 2.75) is 39.7 Å². The zero-order valence-electron chi connectivity index (χ0n) is 14.1. The van der Waals surface area contributed by atoms with Crippen LogP contribution in [-0.4, -0.2) is 30.2 Å². The van der Waals surface area contributed by atoms with Crippen LogP contribution in [0.25, 0.3) is 5.70 Å². The van der Waals surface area contributed by atoms with Crippen molar-refractivity contribution in [3.8, 4) is 5.75 Å². The maximum atomic E-state index is 12.5. The highest BCUT2D eigenvalue weighted by Gasteiger charge is 2.29. The fraction of sp³-hybridized carbons (Fsp3) is 0.500. The van der Waals surface area contributed by atoms with Crippen molar-refractivity contribution in [2.75, 3.05) is 13.7 Å². The first-order valence-electron chi connectivity index (χ1n) is 7.65. The molecule has 1 aromatic carbocycles. The summed E-state index contributed by atoms with van der Waals surface area (Å²) >= 11 is 0. The molecular weight excluding hydrogens is 278 g/mol. The molecule has 0 saturated heterocycles. The zero-order valence-corrected chi connectivity index (χ0v) is 14.1. The molecule has 0 aromatic heterocycles. The number of carbonyl (C=O) groups excluding carboxylic acids is 1. The lowest BCUT2D eigenvalue weighted by Crippen LogP contribution is -2.39. The topological polar surface area (TPSA) is 38.8 Å². The predicted molar refractivity (Wildman–Crippen MR) is 87.7 cm³/mol. The fourth-order valence-corrected chi connectivity index (χ4v) is 2.45. The van der Waals surface area contributed by atoms with Crippen LogP contribution < -0.4 is 4.74 Å². The molecule has 2 rings (SSSR count). The quantitative estimate of drug-likeness (QED) is 0.817. The Morgan fingerprint density at radius 3 is 2.68 bits per heavy atom. The van der Waals surface area contributed by atoms with Crippen molar-refractivity contribution < 1.29 is 14.3 Å². The van der Waals surface area contributed by atoms with Crippen LogP contribution >= 0.6 is 0 Å². The lowest BCUT2D eigenvalue weighted by molar-refractivity contribution is 0.0327. The van der Waals surface area contributed by atoms with E-state index in [1.54, 1.807) is 12.0 Å². The smallest absolute Gasteiger partial charge is 0.414 e. The van der Waals surface area contributed by atoms with Gasteiger partial charge in [0.05, 0.1) is 12.8 Å². The van der Waals surface area contributed by atoms with Gasteiger partial charge in [0, 0.05) is 12.1 Å². The van der Waals surface area contributed by atoms with Gasteiger partial charge in [-0.25, -0.2) is 4.79 Å². The van der Waals surface area contributed by atoms with Crippen LogP contribution in [0.5, 0.6) is 5.75 Å². The summed E-state index contributed by atoms with van der Waals surface area (Å²) in [4.78, 5) is 14.3. The summed E-state index contributed by atoms with van der Waals surface area (Å²) in [6.45, 7) is 8.45. The van der Waals surface area contributed by atoms with Gasteiger partial charge in [-0.3, -0.25) is 4.90 Å². The third-order valence-electron chi connectivity index (χ3n) is 3.48. The standard InChI is InChI=1S/C18H25NO3/c1-13-9-10-16(14-7-6-8-15(11-14)21-5)19(12-13)17(20)22-18(2,3)4/h6-8,10-11,13H,9,12H2,1-5H3. The molecule has 0 bridgehead atoms. The van der Waals surface area contributed by atoms with Gasteiger partial charge in [0.1, 0.15) is 11.4 Å². The average Bonchev–Trinajstić information content (AvgIpc) is 2.45. The van der Waals surface area contributed by atoms with Crippen LogP contribution in [-0.2, 0) is 4.74 Å². The summed E-state index contributed by atoms with van der Waals surface area (Å²) < 4.78 is 10.8. The minimum absolute atomic E-state index is 0.298. The van der Waals surface area contributed by atoms with Gasteiger partial charge in [0.25, 0.3) is 0 Å². The van der Waals surface area contributed by atoms with Crippen molar-refractivity contribution in [2.24, 2.45) is 5.92 Å². The van der Waals surface area contributed by atoms with Crippen molar-refractivity contribution in [1.29, 1.82) is 0 Å². The molecule has 1 aliphatic rings. The van der Waals surface area contributed by atoms with Crippen molar-refractivity contribution in [3.63, 3.8) is 0 Å². The molecule has 0 aliphatic carbocycles. The van der Waals surface area contributed by atoms with Gasteiger partial charge in [-0.2, -0.15) is 0 Å². The SMILES string of the molecule is COc1cccc(C2=CCC(C)CN2C(=O)OC(C)(C)C)c1. The number of carbonyl (C=O) groups is 1. The summed E-state index contributed by atoms with van der Waals surface area (Å²) in [5, 5.41) is 0. The van der Waals surface area contributed by atoms with E-state index in [1.165, 1.54) is 0 Å². The number of allylic oxidation sites excluding steroid dienone is 1. The Labute approximate surface area is 132 Å². The van der Waals surface area contributed by atoms with Crippen LogP contribution in [0.3, 0.4) is 0 Å². The summed E-state index contributed by atoms with van der Waals surface area (Å²) in [5.74, 6) is 1.20. The second-order valence-electron chi connectivity index (χ2n) is 6.75. The average molecular weight is 303 g/mol. The van der Waals surface area contributed by atoms with Gasteiger partial charge < -0.3 is 9.47 Å². The van der Waals surface area contributed by atoms with E-state index in [9.17, 15) is 4.79 Å². The van der Waals surface area contributed by atoms with Gasteiger partial charge in [-0.05, 0) is 45.2 Å². The summed E-state index contributed by atoms with van der Waals surface area (Å²) in [7, 11) is 1.64. The van der Waals surface area contributed by atoms with E-state index in [1.807, 2.05) is 45.0 Å². The van der Waals surface area contributed by atoms with Gasteiger partial charge >= 0.3 is 6.09 Å². The largest absolute Gasteiger partial charge is 0.497 e. The Morgan fingerprint density at radius 1 is 1.32 bits per heavy atom. The van der Waals surface area contributed by atoms with Crippen molar-refractivity contribution >= 4 is 11.8 Å². The Bertz CT molecular complexity index is 572. The second kappa shape index (κ2) is 6.42. The van der Waals surface area contributed by atoms with Crippen molar-refractivity contribution in [1.82, 2.24) is 4.90 Å². The van der Waals surface area contributed by atoms with E-state index in [0.717, 1.165) is 23.4 Å². The van der Waals surface area contributed by atoms with Gasteiger partial charge in [0.15, 0.2) is 0 Å². The van der Waals surface area contributed by atoms with E-state index in [0.29, 0.717) is 12.5 Å². The first-order valence-corrected chi connectivity index (χ1v) is 7.65. The highest BCUT2D eigenvalue weighted by Crippen LogP contribution is 2.30. The number of hydrogen-bond donors (Lipinski definition) is 0. The molecule has 120 valence electrons. The minimum atomic E-state index is -0.503. The van der Waals surface area contributed by atoms with E-state index in [4.69, 9.17) is 9.47 Å². The molecule has 0 N–H and O–H groups in total. The third-order valence-corrected chi connectivity index (χ3v) is 3.48. The number of methoxy groups -OCH3 is 1. The van der Waals surface area contributed by atoms with Crippen LogP contribution in [0.1, 0.15) is 39.7 Å². The summed E-state index contributed by atoms with van der Waals surface area (Å²) in [6, 6.07) is 7.76. The van der Waals surface area contributed by atoms with E-state index in [-0.39, 0.29) is 6.09 Å². The highest BCUT2D eigenvalue weighted by molar-refractivity contribution is 5.83. The lowest BCUT2D eigenvalue weighted by Gasteiger charge is -2.34.